The Balaban J connectivity index is 1.73. The van der Waals surface area contributed by atoms with Crippen LogP contribution >= 0.6 is 0 Å². The van der Waals surface area contributed by atoms with Gasteiger partial charge in [0.25, 0.3) is 5.95 Å². The summed E-state index contributed by atoms with van der Waals surface area (Å²) in [5.74, 6) is 2.40. The Kier molecular flexibility index (Phi) is 2.98. The molecule has 1 aromatic heterocycles. The summed E-state index contributed by atoms with van der Waals surface area (Å²) in [5.41, 5.74) is 0. The van der Waals surface area contributed by atoms with Crippen molar-refractivity contribution in [1.82, 2.24) is 15.5 Å². The zero-order valence-electron chi connectivity index (χ0n) is 10.1. The predicted molar refractivity (Wildman–Crippen MR) is 62.1 cm³/mol. The van der Waals surface area contributed by atoms with E-state index in [1.807, 2.05) is 0 Å². The van der Waals surface area contributed by atoms with E-state index in [1.165, 1.54) is 0 Å². The number of hydrogen-bond donors (Lipinski definition) is 1. The molecule has 94 valence electrons. The molecule has 1 aromatic rings. The van der Waals surface area contributed by atoms with Gasteiger partial charge in [-0.15, -0.1) is 0 Å². The molecule has 0 bridgehead atoms. The van der Waals surface area contributed by atoms with Crippen LogP contribution in [0.2, 0.25) is 0 Å². The third kappa shape index (κ3) is 2.14. The Bertz CT molecular complexity index is 375. The van der Waals surface area contributed by atoms with Gasteiger partial charge in [-0.25, -0.2) is 0 Å². The highest BCUT2D eigenvalue weighted by Crippen LogP contribution is 2.27. The molecule has 3 rings (SSSR count). The highest BCUT2D eigenvalue weighted by atomic mass is 16.5. The summed E-state index contributed by atoms with van der Waals surface area (Å²) in [4.78, 5) is 6.63. The highest BCUT2D eigenvalue weighted by molar-refractivity contribution is 5.28. The third-order valence-corrected chi connectivity index (χ3v) is 3.56. The van der Waals surface area contributed by atoms with Crippen LogP contribution in [0.15, 0.2) is 4.52 Å². The van der Waals surface area contributed by atoms with Crippen LogP contribution < -0.4 is 10.2 Å². The molecule has 2 atom stereocenters. The Labute approximate surface area is 100 Å². The predicted octanol–water partition coefficient (Wildman–Crippen LogP) is 0.229. The number of anilines is 1. The number of hydrogen-bond acceptors (Lipinski definition) is 6. The molecule has 0 aliphatic carbocycles. The van der Waals surface area contributed by atoms with E-state index in [4.69, 9.17) is 9.26 Å². The van der Waals surface area contributed by atoms with Gasteiger partial charge in [0.15, 0.2) is 0 Å². The number of nitrogens with one attached hydrogen (secondary N) is 1. The van der Waals surface area contributed by atoms with Crippen molar-refractivity contribution >= 4 is 5.95 Å². The lowest BCUT2D eigenvalue weighted by Crippen LogP contribution is -2.36. The molecule has 1 N–H and O–H groups in total. The van der Waals surface area contributed by atoms with Crippen LogP contribution in [-0.2, 0) is 4.74 Å². The summed E-state index contributed by atoms with van der Waals surface area (Å²) in [6, 6.07) is 0. The lowest BCUT2D eigenvalue weighted by molar-refractivity contribution is 0.121. The second kappa shape index (κ2) is 4.62. The van der Waals surface area contributed by atoms with Crippen molar-refractivity contribution < 1.29 is 9.26 Å². The number of ether oxygens (including phenoxy) is 1. The van der Waals surface area contributed by atoms with Crippen LogP contribution in [-0.4, -0.2) is 49.5 Å². The van der Waals surface area contributed by atoms with Crippen LogP contribution in [0.25, 0.3) is 0 Å². The van der Waals surface area contributed by atoms with Crippen molar-refractivity contribution in [2.75, 3.05) is 44.3 Å². The second-order valence-electron chi connectivity index (χ2n) is 4.77. The average Bonchev–Trinajstić information content (AvgIpc) is 2.98. The first kappa shape index (κ1) is 11.0. The minimum atomic E-state index is 0.359. The fourth-order valence-electron chi connectivity index (χ4n) is 2.41. The summed E-state index contributed by atoms with van der Waals surface area (Å²) < 4.78 is 10.7. The van der Waals surface area contributed by atoms with Crippen molar-refractivity contribution in [3.63, 3.8) is 0 Å². The van der Waals surface area contributed by atoms with E-state index in [1.54, 1.807) is 0 Å². The minimum absolute atomic E-state index is 0.359. The van der Waals surface area contributed by atoms with Gasteiger partial charge in [0.2, 0.25) is 5.89 Å². The van der Waals surface area contributed by atoms with Gasteiger partial charge < -0.3 is 19.5 Å². The molecule has 2 unspecified atom stereocenters. The molecule has 0 aromatic carbocycles. The summed E-state index contributed by atoms with van der Waals surface area (Å²) in [6.45, 7) is 7.35. The number of rotatable bonds is 2. The monoisotopic (exact) mass is 238 g/mol. The molecule has 3 heterocycles. The zero-order valence-corrected chi connectivity index (χ0v) is 10.1. The molecular formula is C11H18N4O2. The Morgan fingerprint density at radius 2 is 2.12 bits per heavy atom. The van der Waals surface area contributed by atoms with Gasteiger partial charge in [-0.3, -0.25) is 0 Å². The maximum absolute atomic E-state index is 5.39. The number of aromatic nitrogens is 2. The van der Waals surface area contributed by atoms with Crippen LogP contribution in [0, 0.1) is 5.92 Å². The first-order chi connectivity index (χ1) is 8.34. The van der Waals surface area contributed by atoms with Gasteiger partial charge in [-0.05, 0) is 17.6 Å². The molecule has 0 radical (unpaired) electrons. The van der Waals surface area contributed by atoms with Crippen LogP contribution in [0.3, 0.4) is 0 Å². The summed E-state index contributed by atoms with van der Waals surface area (Å²) in [7, 11) is 0. The van der Waals surface area contributed by atoms with E-state index in [9.17, 15) is 0 Å². The molecular weight excluding hydrogens is 220 g/mol. The van der Waals surface area contributed by atoms with Crippen LogP contribution in [0.5, 0.6) is 0 Å². The van der Waals surface area contributed by atoms with E-state index in [0.717, 1.165) is 45.3 Å². The van der Waals surface area contributed by atoms with E-state index >= 15 is 0 Å². The first-order valence-corrected chi connectivity index (χ1v) is 6.21. The Morgan fingerprint density at radius 1 is 1.29 bits per heavy atom. The van der Waals surface area contributed by atoms with E-state index in [-0.39, 0.29) is 0 Å². The fourth-order valence-corrected chi connectivity index (χ4v) is 2.41. The maximum Gasteiger partial charge on any atom is 0.266 e. The Morgan fingerprint density at radius 3 is 2.82 bits per heavy atom. The molecule has 0 spiro atoms. The standard InChI is InChI=1S/C11H18N4O2/c1-8-6-12-7-9(8)10-13-11(14-17-10)15-2-4-16-5-3-15/h8-9,12H,2-7H2,1H3. The highest BCUT2D eigenvalue weighted by Gasteiger charge is 2.30. The van der Waals surface area contributed by atoms with E-state index in [0.29, 0.717) is 17.8 Å². The number of nitrogens with zero attached hydrogens (tertiary/aromatic N) is 3. The van der Waals surface area contributed by atoms with Gasteiger partial charge in [0.05, 0.1) is 19.1 Å². The van der Waals surface area contributed by atoms with Crippen LogP contribution in [0.1, 0.15) is 18.7 Å². The summed E-state index contributed by atoms with van der Waals surface area (Å²) in [6.07, 6.45) is 0. The number of morpholine rings is 1. The van der Waals surface area contributed by atoms with Crippen molar-refractivity contribution in [3.8, 4) is 0 Å². The van der Waals surface area contributed by atoms with E-state index < -0.39 is 0 Å². The maximum atomic E-state index is 5.39. The molecule has 0 amide bonds. The lowest BCUT2D eigenvalue weighted by atomic mass is 9.98. The van der Waals surface area contributed by atoms with Crippen LogP contribution in [0.4, 0.5) is 5.95 Å². The fraction of sp³-hybridized carbons (Fsp3) is 0.818. The van der Waals surface area contributed by atoms with Crippen molar-refractivity contribution in [3.05, 3.63) is 5.89 Å². The largest absolute Gasteiger partial charge is 0.378 e. The van der Waals surface area contributed by atoms with Gasteiger partial charge in [0, 0.05) is 19.6 Å². The summed E-state index contributed by atoms with van der Waals surface area (Å²) in [5, 5.41) is 7.42. The molecule has 6 nitrogen and oxygen atoms in total. The van der Waals surface area contributed by atoms with Crippen molar-refractivity contribution in [1.29, 1.82) is 0 Å². The molecule has 17 heavy (non-hydrogen) atoms. The molecule has 2 fully saturated rings. The lowest BCUT2D eigenvalue weighted by Gasteiger charge is -2.24. The molecule has 0 saturated carbocycles. The second-order valence-corrected chi connectivity index (χ2v) is 4.77. The van der Waals surface area contributed by atoms with E-state index in [2.05, 4.69) is 27.3 Å². The normalized spacial score (nSPS) is 29.8. The van der Waals surface area contributed by atoms with Gasteiger partial charge in [0.1, 0.15) is 0 Å². The van der Waals surface area contributed by atoms with Gasteiger partial charge in [-0.2, -0.15) is 4.98 Å². The Hall–Kier alpha value is -1.14. The molecule has 2 aliphatic rings. The molecule has 2 aliphatic heterocycles. The quantitative estimate of drug-likeness (QED) is 0.795. The molecule has 6 heteroatoms. The average molecular weight is 238 g/mol. The molecule has 2 saturated heterocycles. The first-order valence-electron chi connectivity index (χ1n) is 6.21. The zero-order chi connectivity index (χ0) is 11.7. The topological polar surface area (TPSA) is 63.4 Å². The smallest absolute Gasteiger partial charge is 0.266 e. The summed E-state index contributed by atoms with van der Waals surface area (Å²) >= 11 is 0. The van der Waals surface area contributed by atoms with Gasteiger partial charge >= 0.3 is 0 Å². The van der Waals surface area contributed by atoms with Crippen molar-refractivity contribution in [2.24, 2.45) is 5.92 Å². The van der Waals surface area contributed by atoms with Crippen molar-refractivity contribution in [2.45, 2.75) is 12.8 Å². The van der Waals surface area contributed by atoms with Gasteiger partial charge in [-0.1, -0.05) is 6.92 Å². The third-order valence-electron chi connectivity index (χ3n) is 3.56. The minimum Gasteiger partial charge on any atom is -0.378 e. The SMILES string of the molecule is CC1CNCC1c1nc(N2CCOCC2)no1.